The summed E-state index contributed by atoms with van der Waals surface area (Å²) in [5.74, 6) is -0.922. The molecule has 0 aliphatic carbocycles. The summed E-state index contributed by atoms with van der Waals surface area (Å²) in [5, 5.41) is 2.69. The Bertz CT molecular complexity index is 711. The number of hydrogen-bond donors (Lipinski definition) is 2. The van der Waals surface area contributed by atoms with Crippen molar-refractivity contribution in [3.8, 4) is 11.1 Å². The largest absolute Gasteiger partial charge is 0.352 e. The highest BCUT2D eigenvalue weighted by Crippen LogP contribution is 2.24. The lowest BCUT2D eigenvalue weighted by atomic mass is 9.99. The van der Waals surface area contributed by atoms with Gasteiger partial charge in [0.15, 0.2) is 0 Å². The van der Waals surface area contributed by atoms with Crippen LogP contribution in [0.2, 0.25) is 0 Å². The molecule has 3 nitrogen and oxygen atoms in total. The molecule has 0 spiro atoms. The maximum atomic E-state index is 14.3. The fourth-order valence-electron chi connectivity index (χ4n) is 2.31. The van der Waals surface area contributed by atoms with Crippen LogP contribution in [0, 0.1) is 19.7 Å². The second kappa shape index (κ2) is 7.38. The molecule has 0 fully saturated rings. The van der Waals surface area contributed by atoms with E-state index in [0.29, 0.717) is 13.0 Å². The Labute approximate surface area is 136 Å². The van der Waals surface area contributed by atoms with Gasteiger partial charge in [-0.2, -0.15) is 0 Å². The van der Waals surface area contributed by atoms with Crippen molar-refractivity contribution in [2.45, 2.75) is 33.2 Å². The van der Waals surface area contributed by atoms with Crippen molar-refractivity contribution < 1.29 is 9.18 Å². The highest BCUT2D eigenvalue weighted by Gasteiger charge is 2.13. The Kier molecular flexibility index (Phi) is 5.50. The van der Waals surface area contributed by atoms with Gasteiger partial charge in [-0.25, -0.2) is 4.39 Å². The first-order valence-corrected chi connectivity index (χ1v) is 7.79. The fourth-order valence-corrected chi connectivity index (χ4v) is 2.31. The standard InChI is InChI=1S/C19H23FN2O/c1-12-4-5-15(10-13(12)2)16-6-7-17(18(20)11-16)19(23)22-9-8-14(3)21/h4-7,10-11,14H,8-9,21H2,1-3H3,(H,22,23). The van der Waals surface area contributed by atoms with Gasteiger partial charge < -0.3 is 11.1 Å². The molecule has 0 aromatic heterocycles. The molecule has 4 heteroatoms. The zero-order chi connectivity index (χ0) is 17.0. The minimum Gasteiger partial charge on any atom is -0.352 e. The SMILES string of the molecule is Cc1ccc(-c2ccc(C(=O)NCCC(C)N)c(F)c2)cc1C. The van der Waals surface area contributed by atoms with Gasteiger partial charge in [0.1, 0.15) is 5.82 Å². The molecule has 0 saturated carbocycles. The molecule has 0 radical (unpaired) electrons. The summed E-state index contributed by atoms with van der Waals surface area (Å²) in [6.07, 6.45) is 0.661. The van der Waals surface area contributed by atoms with Crippen LogP contribution in [-0.4, -0.2) is 18.5 Å². The zero-order valence-corrected chi connectivity index (χ0v) is 13.8. The number of rotatable bonds is 5. The number of carbonyl (C=O) groups excluding carboxylic acids is 1. The minimum atomic E-state index is -0.515. The maximum Gasteiger partial charge on any atom is 0.254 e. The van der Waals surface area contributed by atoms with Crippen molar-refractivity contribution in [2.75, 3.05) is 6.54 Å². The normalized spacial score (nSPS) is 12.0. The molecule has 2 aromatic carbocycles. The smallest absolute Gasteiger partial charge is 0.254 e. The predicted molar refractivity (Wildman–Crippen MR) is 91.9 cm³/mol. The summed E-state index contributed by atoms with van der Waals surface area (Å²) < 4.78 is 14.3. The third-order valence-corrected chi connectivity index (χ3v) is 3.94. The molecule has 23 heavy (non-hydrogen) atoms. The van der Waals surface area contributed by atoms with Crippen molar-refractivity contribution in [3.63, 3.8) is 0 Å². The molecule has 2 aromatic rings. The number of aryl methyl sites for hydroxylation is 2. The van der Waals surface area contributed by atoms with Gasteiger partial charge in [-0.15, -0.1) is 0 Å². The van der Waals surface area contributed by atoms with Crippen LogP contribution in [-0.2, 0) is 0 Å². The lowest BCUT2D eigenvalue weighted by Gasteiger charge is -2.10. The van der Waals surface area contributed by atoms with E-state index in [9.17, 15) is 9.18 Å². The molecule has 0 aliphatic heterocycles. The first-order valence-electron chi connectivity index (χ1n) is 7.79. The van der Waals surface area contributed by atoms with E-state index in [4.69, 9.17) is 5.73 Å². The van der Waals surface area contributed by atoms with Crippen LogP contribution in [0.15, 0.2) is 36.4 Å². The van der Waals surface area contributed by atoms with Crippen molar-refractivity contribution in [3.05, 3.63) is 58.9 Å². The number of nitrogens with one attached hydrogen (secondary N) is 1. The van der Waals surface area contributed by atoms with E-state index in [2.05, 4.69) is 5.32 Å². The number of benzene rings is 2. The summed E-state index contributed by atoms with van der Waals surface area (Å²) >= 11 is 0. The zero-order valence-electron chi connectivity index (χ0n) is 13.8. The molecule has 0 heterocycles. The van der Waals surface area contributed by atoms with Gasteiger partial charge in [0, 0.05) is 12.6 Å². The van der Waals surface area contributed by atoms with E-state index in [1.54, 1.807) is 6.07 Å². The second-order valence-corrected chi connectivity index (χ2v) is 6.02. The summed E-state index contributed by atoms with van der Waals surface area (Å²) in [4.78, 5) is 12.0. The fraction of sp³-hybridized carbons (Fsp3) is 0.316. The maximum absolute atomic E-state index is 14.3. The van der Waals surface area contributed by atoms with Crippen LogP contribution in [0.1, 0.15) is 34.8 Å². The summed E-state index contributed by atoms with van der Waals surface area (Å²) in [6, 6.07) is 10.7. The molecule has 3 N–H and O–H groups in total. The van der Waals surface area contributed by atoms with E-state index in [1.807, 2.05) is 39.0 Å². The molecule has 122 valence electrons. The van der Waals surface area contributed by atoms with Gasteiger partial charge in [0.25, 0.3) is 5.91 Å². The van der Waals surface area contributed by atoms with E-state index >= 15 is 0 Å². The number of hydrogen-bond acceptors (Lipinski definition) is 2. The van der Waals surface area contributed by atoms with E-state index in [0.717, 1.165) is 16.7 Å². The van der Waals surface area contributed by atoms with Crippen LogP contribution in [0.3, 0.4) is 0 Å². The predicted octanol–water partition coefficient (Wildman–Crippen LogP) is 3.58. The van der Waals surface area contributed by atoms with Crippen LogP contribution in [0.25, 0.3) is 11.1 Å². The van der Waals surface area contributed by atoms with Crippen molar-refractivity contribution in [1.29, 1.82) is 0 Å². The van der Waals surface area contributed by atoms with Gasteiger partial charge in [-0.1, -0.05) is 24.3 Å². The van der Waals surface area contributed by atoms with E-state index in [-0.39, 0.29) is 11.6 Å². The third-order valence-electron chi connectivity index (χ3n) is 3.94. The lowest BCUT2D eigenvalue weighted by molar-refractivity contribution is 0.0949. The van der Waals surface area contributed by atoms with Crippen LogP contribution in [0.4, 0.5) is 4.39 Å². The van der Waals surface area contributed by atoms with E-state index in [1.165, 1.54) is 17.7 Å². The topological polar surface area (TPSA) is 55.1 Å². The first-order chi connectivity index (χ1) is 10.9. The average Bonchev–Trinajstić information content (AvgIpc) is 2.49. The summed E-state index contributed by atoms with van der Waals surface area (Å²) in [7, 11) is 0. The molecule has 1 amide bonds. The Morgan fingerprint density at radius 2 is 1.78 bits per heavy atom. The summed E-state index contributed by atoms with van der Waals surface area (Å²) in [5.41, 5.74) is 9.74. The summed E-state index contributed by atoms with van der Waals surface area (Å²) in [6.45, 7) is 6.37. The van der Waals surface area contributed by atoms with Crippen molar-refractivity contribution in [1.82, 2.24) is 5.32 Å². The highest BCUT2D eigenvalue weighted by molar-refractivity contribution is 5.95. The van der Waals surface area contributed by atoms with Crippen LogP contribution in [0.5, 0.6) is 0 Å². The van der Waals surface area contributed by atoms with Gasteiger partial charge in [0.05, 0.1) is 5.56 Å². The molecule has 1 unspecified atom stereocenters. The van der Waals surface area contributed by atoms with Gasteiger partial charge in [-0.3, -0.25) is 4.79 Å². The number of carbonyl (C=O) groups is 1. The Balaban J connectivity index is 2.17. The van der Waals surface area contributed by atoms with Gasteiger partial charge in [0.2, 0.25) is 0 Å². The molecule has 0 saturated heterocycles. The van der Waals surface area contributed by atoms with Crippen LogP contribution < -0.4 is 11.1 Å². The van der Waals surface area contributed by atoms with Crippen molar-refractivity contribution in [2.24, 2.45) is 5.73 Å². The Morgan fingerprint density at radius 1 is 1.13 bits per heavy atom. The Morgan fingerprint density at radius 3 is 2.39 bits per heavy atom. The minimum absolute atomic E-state index is 0.00676. The van der Waals surface area contributed by atoms with E-state index < -0.39 is 11.7 Å². The van der Waals surface area contributed by atoms with Gasteiger partial charge >= 0.3 is 0 Å². The quantitative estimate of drug-likeness (QED) is 0.886. The highest BCUT2D eigenvalue weighted by atomic mass is 19.1. The molecule has 0 aliphatic rings. The molecular weight excluding hydrogens is 291 g/mol. The number of nitrogens with two attached hydrogens (primary N) is 1. The first kappa shape index (κ1) is 17.2. The number of halogens is 1. The Hall–Kier alpha value is -2.20. The second-order valence-electron chi connectivity index (χ2n) is 6.02. The lowest BCUT2D eigenvalue weighted by Crippen LogP contribution is -2.29. The molecular formula is C19H23FN2O. The average molecular weight is 314 g/mol. The third kappa shape index (κ3) is 4.39. The molecule has 2 rings (SSSR count). The molecule has 0 bridgehead atoms. The van der Waals surface area contributed by atoms with Crippen LogP contribution >= 0.6 is 0 Å². The number of amides is 1. The van der Waals surface area contributed by atoms with Crippen molar-refractivity contribution >= 4 is 5.91 Å². The molecule has 1 atom stereocenters. The van der Waals surface area contributed by atoms with Gasteiger partial charge in [-0.05, 0) is 61.6 Å². The monoisotopic (exact) mass is 314 g/mol.